The number of nitrogens with zero attached hydrogens (tertiary/aromatic N) is 2. The molecule has 0 aliphatic heterocycles. The third kappa shape index (κ3) is 12.3. The van der Waals surface area contributed by atoms with Gasteiger partial charge in [-0.2, -0.15) is 0 Å². The first kappa shape index (κ1) is 22.2. The summed E-state index contributed by atoms with van der Waals surface area (Å²) in [5.74, 6) is -0.0560. The normalized spacial score (nSPS) is 10.3. The Morgan fingerprint density at radius 1 is 1.04 bits per heavy atom. The van der Waals surface area contributed by atoms with Crippen molar-refractivity contribution in [1.82, 2.24) is 4.57 Å². The first-order valence-electron chi connectivity index (χ1n) is 8.89. The Kier molecular flexibility index (Phi) is 14.2. The Balaban J connectivity index is 0.00000484. The van der Waals surface area contributed by atoms with Crippen LogP contribution in [0.15, 0.2) is 18.7 Å². The molecule has 0 radical (unpaired) electrons. The predicted octanol–water partition coefficient (Wildman–Crippen LogP) is 0.781. The van der Waals surface area contributed by atoms with Gasteiger partial charge in [0.2, 0.25) is 6.33 Å². The van der Waals surface area contributed by atoms with Crippen LogP contribution in [0.4, 0.5) is 0 Å². The molecule has 0 bridgehead atoms. The number of imidazole rings is 1. The Labute approximate surface area is 152 Å². The quantitative estimate of drug-likeness (QED) is 0.284. The molecule has 1 aromatic rings. The van der Waals surface area contributed by atoms with Crippen LogP contribution in [0.1, 0.15) is 71.1 Å². The highest BCUT2D eigenvalue weighted by molar-refractivity contribution is 5.69. The van der Waals surface area contributed by atoms with Gasteiger partial charge in [-0.15, -0.1) is 0 Å². The van der Waals surface area contributed by atoms with Crippen molar-refractivity contribution < 1.29 is 31.1 Å². The van der Waals surface area contributed by atoms with E-state index in [1.54, 1.807) is 0 Å². The monoisotopic (exact) mass is 388 g/mol. The summed E-state index contributed by atoms with van der Waals surface area (Å²) in [6, 6.07) is 0. The molecular weight excluding hydrogens is 356 g/mol. The van der Waals surface area contributed by atoms with Gasteiger partial charge in [-0.1, -0.05) is 58.3 Å². The number of esters is 1. The highest BCUT2D eigenvalue weighted by Crippen LogP contribution is 2.10. The molecule has 0 aliphatic rings. The third-order valence-corrected chi connectivity index (χ3v) is 3.92. The highest BCUT2D eigenvalue weighted by Gasteiger charge is 2.05. The maximum atomic E-state index is 11.6. The molecule has 0 saturated heterocycles. The molecule has 5 heteroatoms. The van der Waals surface area contributed by atoms with E-state index in [4.69, 9.17) is 4.74 Å². The number of hydrogen-bond donors (Lipinski definition) is 0. The zero-order valence-electron chi connectivity index (χ0n) is 14.8. The van der Waals surface area contributed by atoms with Crippen LogP contribution < -0.4 is 21.5 Å². The lowest BCUT2D eigenvalue weighted by atomic mass is 10.1. The SMILES string of the molecule is CCCCCCCCCCCC(=O)OCCn1cc[n+](C)c1.[Br-]. The van der Waals surface area contributed by atoms with E-state index >= 15 is 0 Å². The van der Waals surface area contributed by atoms with Crippen LogP contribution in [0, 0.1) is 0 Å². The van der Waals surface area contributed by atoms with Crippen LogP contribution in [0.2, 0.25) is 0 Å². The molecule has 0 aromatic carbocycles. The molecule has 23 heavy (non-hydrogen) atoms. The van der Waals surface area contributed by atoms with E-state index in [2.05, 4.69) is 6.92 Å². The van der Waals surface area contributed by atoms with Crippen molar-refractivity contribution in [2.75, 3.05) is 6.61 Å². The van der Waals surface area contributed by atoms with E-state index < -0.39 is 0 Å². The summed E-state index contributed by atoms with van der Waals surface area (Å²) in [4.78, 5) is 11.6. The predicted molar refractivity (Wildman–Crippen MR) is 88.4 cm³/mol. The molecule has 0 N–H and O–H groups in total. The number of halogens is 1. The summed E-state index contributed by atoms with van der Waals surface area (Å²) in [6.07, 6.45) is 17.9. The second-order valence-electron chi connectivity index (χ2n) is 6.12. The van der Waals surface area contributed by atoms with Crippen LogP contribution in [0.5, 0.6) is 0 Å². The lowest BCUT2D eigenvalue weighted by molar-refractivity contribution is -0.671. The lowest BCUT2D eigenvalue weighted by Crippen LogP contribution is -3.00. The fraction of sp³-hybridized carbons (Fsp3) is 0.778. The van der Waals surface area contributed by atoms with Crippen molar-refractivity contribution in [1.29, 1.82) is 0 Å². The topological polar surface area (TPSA) is 35.1 Å². The van der Waals surface area contributed by atoms with Gasteiger partial charge in [0.05, 0.1) is 7.05 Å². The molecule has 0 aliphatic carbocycles. The number of ether oxygens (including phenoxy) is 1. The van der Waals surface area contributed by atoms with Crippen LogP contribution >= 0.6 is 0 Å². The van der Waals surface area contributed by atoms with E-state index in [1.165, 1.54) is 44.9 Å². The second-order valence-corrected chi connectivity index (χ2v) is 6.12. The molecule has 1 heterocycles. The summed E-state index contributed by atoms with van der Waals surface area (Å²) in [6.45, 7) is 3.44. The van der Waals surface area contributed by atoms with Gasteiger partial charge in [-0.05, 0) is 6.42 Å². The lowest BCUT2D eigenvalue weighted by Gasteiger charge is -2.04. The minimum atomic E-state index is -0.0560. The minimum Gasteiger partial charge on any atom is -1.00 e. The van der Waals surface area contributed by atoms with Crippen LogP contribution in [-0.4, -0.2) is 17.1 Å². The Bertz CT molecular complexity index is 407. The summed E-state index contributed by atoms with van der Waals surface area (Å²) >= 11 is 0. The summed E-state index contributed by atoms with van der Waals surface area (Å²) in [5.41, 5.74) is 0. The molecule has 0 spiro atoms. The van der Waals surface area contributed by atoms with Crippen molar-refractivity contribution >= 4 is 5.97 Å². The number of rotatable bonds is 13. The zero-order valence-corrected chi connectivity index (χ0v) is 16.4. The maximum Gasteiger partial charge on any atom is 0.305 e. The summed E-state index contributed by atoms with van der Waals surface area (Å²) in [7, 11) is 1.98. The van der Waals surface area contributed by atoms with Gasteiger partial charge in [-0.25, -0.2) is 9.13 Å². The number of unbranched alkanes of at least 4 members (excludes halogenated alkanes) is 8. The maximum absolute atomic E-state index is 11.6. The molecule has 1 aromatic heterocycles. The van der Waals surface area contributed by atoms with E-state index in [9.17, 15) is 4.79 Å². The molecule has 1 rings (SSSR count). The van der Waals surface area contributed by atoms with E-state index in [1.807, 2.05) is 34.9 Å². The molecule has 4 nitrogen and oxygen atoms in total. The van der Waals surface area contributed by atoms with Crippen LogP contribution in [-0.2, 0) is 23.1 Å². The second kappa shape index (κ2) is 14.7. The molecule has 0 fully saturated rings. The van der Waals surface area contributed by atoms with Gasteiger partial charge in [-0.3, -0.25) is 4.79 Å². The number of aryl methyl sites for hydroxylation is 1. The van der Waals surface area contributed by atoms with Crippen molar-refractivity contribution in [3.8, 4) is 0 Å². The number of carbonyl (C=O) groups excluding carboxylic acids is 1. The average molecular weight is 389 g/mol. The van der Waals surface area contributed by atoms with Gasteiger partial charge in [0, 0.05) is 6.42 Å². The minimum absolute atomic E-state index is 0. The average Bonchev–Trinajstić information content (AvgIpc) is 2.91. The number of carbonyl (C=O) groups is 1. The van der Waals surface area contributed by atoms with Crippen LogP contribution in [0.25, 0.3) is 0 Å². The fourth-order valence-corrected chi connectivity index (χ4v) is 2.55. The standard InChI is InChI=1S/C18H33N2O2.BrH/c1-3-4-5-6-7-8-9-10-11-12-18(21)22-16-15-20-14-13-19(2)17-20;/h13-14,17H,3-12,15-16H2,1-2H3;1H/q+1;/p-1. The Hall–Kier alpha value is -0.840. The Morgan fingerprint density at radius 2 is 1.65 bits per heavy atom. The summed E-state index contributed by atoms with van der Waals surface area (Å²) < 4.78 is 9.25. The smallest absolute Gasteiger partial charge is 0.305 e. The largest absolute Gasteiger partial charge is 1.00 e. The fourth-order valence-electron chi connectivity index (χ4n) is 2.55. The van der Waals surface area contributed by atoms with Gasteiger partial charge >= 0.3 is 5.97 Å². The van der Waals surface area contributed by atoms with E-state index in [0.29, 0.717) is 13.0 Å². The molecule has 0 saturated carbocycles. The van der Waals surface area contributed by atoms with E-state index in [-0.39, 0.29) is 23.0 Å². The van der Waals surface area contributed by atoms with Crippen molar-refractivity contribution in [3.05, 3.63) is 18.7 Å². The first-order chi connectivity index (χ1) is 10.7. The summed E-state index contributed by atoms with van der Waals surface area (Å²) in [5, 5.41) is 0. The molecular formula is C18H33BrN2O2. The van der Waals surface area contributed by atoms with Crippen LogP contribution in [0.3, 0.4) is 0 Å². The van der Waals surface area contributed by atoms with Gasteiger partial charge < -0.3 is 21.7 Å². The Morgan fingerprint density at radius 3 is 2.22 bits per heavy atom. The van der Waals surface area contributed by atoms with Crippen molar-refractivity contribution in [2.45, 2.75) is 77.7 Å². The number of hydrogen-bond acceptors (Lipinski definition) is 2. The highest BCUT2D eigenvalue weighted by atomic mass is 79.9. The van der Waals surface area contributed by atoms with E-state index in [0.717, 1.165) is 19.4 Å². The van der Waals surface area contributed by atoms with Gasteiger partial charge in [0.25, 0.3) is 0 Å². The van der Waals surface area contributed by atoms with Gasteiger partial charge in [0.1, 0.15) is 25.5 Å². The first-order valence-corrected chi connectivity index (χ1v) is 8.89. The van der Waals surface area contributed by atoms with Crippen molar-refractivity contribution in [3.63, 3.8) is 0 Å². The van der Waals surface area contributed by atoms with Gasteiger partial charge in [0.15, 0.2) is 0 Å². The molecule has 134 valence electrons. The van der Waals surface area contributed by atoms with Crippen molar-refractivity contribution in [2.24, 2.45) is 7.05 Å². The molecule has 0 amide bonds. The number of aromatic nitrogens is 2. The zero-order chi connectivity index (χ0) is 16.0. The molecule has 0 unspecified atom stereocenters. The molecule has 0 atom stereocenters. The third-order valence-electron chi connectivity index (χ3n) is 3.92.